The number of carbonyl (C=O) groups is 1. The van der Waals surface area contributed by atoms with E-state index in [9.17, 15) is 4.79 Å². The molecular formula is C15H18N2O3. The Labute approximate surface area is 117 Å². The highest BCUT2D eigenvalue weighted by Crippen LogP contribution is 2.18. The van der Waals surface area contributed by atoms with Crippen LogP contribution in [0.3, 0.4) is 0 Å². The number of rotatable bonds is 6. The molecule has 2 aromatic rings. The number of aromatic nitrogens is 1. The smallest absolute Gasteiger partial charge is 0.289 e. The van der Waals surface area contributed by atoms with Crippen molar-refractivity contribution in [2.45, 2.75) is 25.9 Å². The second-order valence-electron chi connectivity index (χ2n) is 4.69. The molecule has 0 saturated heterocycles. The Bertz CT molecular complexity index is 549. The molecule has 0 spiro atoms. The first-order valence-electron chi connectivity index (χ1n) is 6.65. The Morgan fingerprint density at radius 2 is 2.15 bits per heavy atom. The van der Waals surface area contributed by atoms with E-state index in [0.717, 1.165) is 12.0 Å². The number of nitrogens with one attached hydrogen (secondary N) is 1. The number of aliphatic hydroxyl groups excluding tert-OH is 1. The van der Waals surface area contributed by atoms with Crippen molar-refractivity contribution in [3.8, 4) is 11.3 Å². The standard InChI is InChI=1S/C15H18N2O3/c1-11(18)6-5-9-16-15(19)14-10-13(17-20-14)12-7-3-2-4-8-12/h2-4,7-8,10-11,18H,5-6,9H2,1H3,(H,16,19). The van der Waals surface area contributed by atoms with Crippen LogP contribution < -0.4 is 5.32 Å². The van der Waals surface area contributed by atoms with Gasteiger partial charge in [-0.15, -0.1) is 0 Å². The van der Waals surface area contributed by atoms with Gasteiger partial charge in [-0.2, -0.15) is 0 Å². The highest BCUT2D eigenvalue weighted by Gasteiger charge is 2.13. The fourth-order valence-corrected chi connectivity index (χ4v) is 1.81. The van der Waals surface area contributed by atoms with Gasteiger partial charge < -0.3 is 14.9 Å². The van der Waals surface area contributed by atoms with Crippen molar-refractivity contribution in [1.82, 2.24) is 10.5 Å². The first-order chi connectivity index (χ1) is 9.66. The van der Waals surface area contributed by atoms with Gasteiger partial charge >= 0.3 is 0 Å². The SMILES string of the molecule is CC(O)CCCNC(=O)c1cc(-c2ccccc2)no1. The Kier molecular flexibility index (Phi) is 4.90. The lowest BCUT2D eigenvalue weighted by Crippen LogP contribution is -2.24. The molecule has 106 valence electrons. The van der Waals surface area contributed by atoms with Gasteiger partial charge in [-0.25, -0.2) is 0 Å². The molecule has 0 radical (unpaired) electrons. The van der Waals surface area contributed by atoms with Gasteiger partial charge in [0.25, 0.3) is 5.91 Å². The summed E-state index contributed by atoms with van der Waals surface area (Å²) < 4.78 is 5.05. The van der Waals surface area contributed by atoms with Crippen LogP contribution in [0.5, 0.6) is 0 Å². The van der Waals surface area contributed by atoms with E-state index in [1.807, 2.05) is 30.3 Å². The Morgan fingerprint density at radius 3 is 2.85 bits per heavy atom. The predicted octanol–water partition coefficient (Wildman–Crippen LogP) is 2.23. The largest absolute Gasteiger partial charge is 0.393 e. The van der Waals surface area contributed by atoms with Crippen molar-refractivity contribution in [2.24, 2.45) is 0 Å². The van der Waals surface area contributed by atoms with Crippen LogP contribution in [0.1, 0.15) is 30.3 Å². The highest BCUT2D eigenvalue weighted by molar-refractivity contribution is 5.92. The molecule has 0 aliphatic heterocycles. The molecule has 5 heteroatoms. The maximum absolute atomic E-state index is 11.8. The summed E-state index contributed by atoms with van der Waals surface area (Å²) in [6.07, 6.45) is 1.04. The molecule has 2 N–H and O–H groups in total. The minimum absolute atomic E-state index is 0.195. The van der Waals surface area contributed by atoms with Crippen molar-refractivity contribution < 1.29 is 14.4 Å². The van der Waals surface area contributed by atoms with Crippen LogP contribution >= 0.6 is 0 Å². The Hall–Kier alpha value is -2.14. The molecule has 1 unspecified atom stereocenters. The van der Waals surface area contributed by atoms with Gasteiger partial charge in [0, 0.05) is 18.2 Å². The van der Waals surface area contributed by atoms with E-state index >= 15 is 0 Å². The van der Waals surface area contributed by atoms with E-state index in [1.165, 1.54) is 0 Å². The summed E-state index contributed by atoms with van der Waals surface area (Å²) in [7, 11) is 0. The van der Waals surface area contributed by atoms with Crippen LogP contribution in [-0.4, -0.2) is 28.8 Å². The van der Waals surface area contributed by atoms with Gasteiger partial charge in [0.2, 0.25) is 5.76 Å². The number of aliphatic hydroxyl groups is 1. The van der Waals surface area contributed by atoms with Gasteiger partial charge in [0.05, 0.1) is 6.10 Å². The third kappa shape index (κ3) is 3.93. The van der Waals surface area contributed by atoms with E-state index in [0.29, 0.717) is 18.7 Å². The first kappa shape index (κ1) is 14.3. The van der Waals surface area contributed by atoms with Crippen LogP contribution in [0.15, 0.2) is 40.9 Å². The fourth-order valence-electron chi connectivity index (χ4n) is 1.81. The second kappa shape index (κ2) is 6.86. The molecule has 2 rings (SSSR count). The van der Waals surface area contributed by atoms with E-state index in [-0.39, 0.29) is 17.8 Å². The molecule has 1 atom stereocenters. The third-order valence-electron chi connectivity index (χ3n) is 2.89. The number of nitrogens with zero attached hydrogens (tertiary/aromatic N) is 1. The molecule has 1 heterocycles. The molecule has 0 fully saturated rings. The Balaban J connectivity index is 1.90. The molecule has 20 heavy (non-hydrogen) atoms. The van der Waals surface area contributed by atoms with Gasteiger partial charge in [0.15, 0.2) is 0 Å². The summed E-state index contributed by atoms with van der Waals surface area (Å²) >= 11 is 0. The predicted molar refractivity (Wildman–Crippen MR) is 75.2 cm³/mol. The topological polar surface area (TPSA) is 75.4 Å². The summed E-state index contributed by atoms with van der Waals surface area (Å²) in [4.78, 5) is 11.8. The first-order valence-corrected chi connectivity index (χ1v) is 6.65. The van der Waals surface area contributed by atoms with Gasteiger partial charge in [0.1, 0.15) is 5.69 Å². The number of benzene rings is 1. The quantitative estimate of drug-likeness (QED) is 0.792. The lowest BCUT2D eigenvalue weighted by Gasteiger charge is -2.04. The van der Waals surface area contributed by atoms with Crippen molar-refractivity contribution in [3.05, 3.63) is 42.2 Å². The van der Waals surface area contributed by atoms with Crippen LogP contribution in [0.4, 0.5) is 0 Å². The van der Waals surface area contributed by atoms with Crippen LogP contribution in [0.2, 0.25) is 0 Å². The van der Waals surface area contributed by atoms with Crippen molar-refractivity contribution in [1.29, 1.82) is 0 Å². The molecular weight excluding hydrogens is 256 g/mol. The lowest BCUT2D eigenvalue weighted by atomic mass is 10.1. The number of hydrogen-bond donors (Lipinski definition) is 2. The zero-order chi connectivity index (χ0) is 14.4. The number of carbonyl (C=O) groups excluding carboxylic acids is 1. The maximum Gasteiger partial charge on any atom is 0.289 e. The summed E-state index contributed by atoms with van der Waals surface area (Å²) in [5, 5.41) is 15.7. The summed E-state index contributed by atoms with van der Waals surface area (Å²) in [6.45, 7) is 2.23. The number of hydrogen-bond acceptors (Lipinski definition) is 4. The van der Waals surface area contributed by atoms with E-state index in [2.05, 4.69) is 10.5 Å². The molecule has 0 aliphatic carbocycles. The zero-order valence-electron chi connectivity index (χ0n) is 11.4. The maximum atomic E-state index is 11.8. The van der Waals surface area contributed by atoms with Crippen LogP contribution in [0, 0.1) is 0 Å². The molecule has 5 nitrogen and oxygen atoms in total. The van der Waals surface area contributed by atoms with Crippen molar-refractivity contribution >= 4 is 5.91 Å². The fraction of sp³-hybridized carbons (Fsp3) is 0.333. The zero-order valence-corrected chi connectivity index (χ0v) is 11.4. The summed E-state index contributed by atoms with van der Waals surface area (Å²) in [6, 6.07) is 11.2. The summed E-state index contributed by atoms with van der Waals surface area (Å²) in [5.41, 5.74) is 1.55. The monoisotopic (exact) mass is 274 g/mol. The summed E-state index contributed by atoms with van der Waals surface area (Å²) in [5.74, 6) is -0.0915. The van der Waals surface area contributed by atoms with Crippen molar-refractivity contribution in [2.75, 3.05) is 6.54 Å². The van der Waals surface area contributed by atoms with Gasteiger partial charge in [-0.3, -0.25) is 4.79 Å². The van der Waals surface area contributed by atoms with Gasteiger partial charge in [-0.05, 0) is 19.8 Å². The molecule has 0 aliphatic rings. The van der Waals surface area contributed by atoms with Gasteiger partial charge in [-0.1, -0.05) is 35.5 Å². The average molecular weight is 274 g/mol. The van der Waals surface area contributed by atoms with E-state index < -0.39 is 0 Å². The van der Waals surface area contributed by atoms with E-state index in [1.54, 1.807) is 13.0 Å². The molecule has 0 saturated carbocycles. The highest BCUT2D eigenvalue weighted by atomic mass is 16.5. The second-order valence-corrected chi connectivity index (χ2v) is 4.69. The van der Waals surface area contributed by atoms with E-state index in [4.69, 9.17) is 9.63 Å². The Morgan fingerprint density at radius 1 is 1.40 bits per heavy atom. The number of amides is 1. The minimum Gasteiger partial charge on any atom is -0.393 e. The van der Waals surface area contributed by atoms with Crippen molar-refractivity contribution in [3.63, 3.8) is 0 Å². The average Bonchev–Trinajstić information content (AvgIpc) is 2.94. The molecule has 1 aromatic carbocycles. The minimum atomic E-state index is -0.345. The molecule has 1 aromatic heterocycles. The normalized spacial score (nSPS) is 12.1. The third-order valence-corrected chi connectivity index (χ3v) is 2.89. The van der Waals surface area contributed by atoms with Crippen LogP contribution in [0.25, 0.3) is 11.3 Å². The lowest BCUT2D eigenvalue weighted by molar-refractivity contribution is 0.0913. The molecule has 1 amide bonds. The van der Waals surface area contributed by atoms with Crippen LogP contribution in [-0.2, 0) is 0 Å². The molecule has 0 bridgehead atoms.